The molecule has 1 N–H and O–H groups in total. The zero-order valence-electron chi connectivity index (χ0n) is 15.6. The first-order chi connectivity index (χ1) is 11.0. The predicted octanol–water partition coefficient (Wildman–Crippen LogP) is 3.31. The van der Waals surface area contributed by atoms with Crippen LogP contribution in [0.25, 0.3) is 0 Å². The Morgan fingerprint density at radius 1 is 0.913 bits per heavy atom. The number of nitrogens with one attached hydrogen (secondary N) is 1. The van der Waals surface area contributed by atoms with E-state index in [2.05, 4.69) is 26.1 Å². The lowest BCUT2D eigenvalue weighted by Crippen LogP contribution is -2.25. The predicted molar refractivity (Wildman–Crippen MR) is 93.7 cm³/mol. The van der Waals surface area contributed by atoms with Crippen molar-refractivity contribution in [2.45, 2.75) is 71.8 Å². The van der Waals surface area contributed by atoms with E-state index in [4.69, 9.17) is 14.2 Å². The lowest BCUT2D eigenvalue weighted by molar-refractivity contribution is -0.121. The van der Waals surface area contributed by atoms with E-state index in [1.807, 2.05) is 6.92 Å². The maximum Gasteiger partial charge on any atom is 0.220 e. The van der Waals surface area contributed by atoms with E-state index < -0.39 is 0 Å². The van der Waals surface area contributed by atoms with E-state index in [1.165, 1.54) is 0 Å². The molecule has 0 heterocycles. The van der Waals surface area contributed by atoms with Crippen LogP contribution < -0.4 is 5.32 Å². The van der Waals surface area contributed by atoms with Gasteiger partial charge in [0.05, 0.1) is 5.60 Å². The van der Waals surface area contributed by atoms with Crippen molar-refractivity contribution >= 4 is 5.91 Å². The van der Waals surface area contributed by atoms with Crippen molar-refractivity contribution in [3.63, 3.8) is 0 Å². The summed E-state index contributed by atoms with van der Waals surface area (Å²) in [5, 5.41) is 2.77. The van der Waals surface area contributed by atoms with Crippen molar-refractivity contribution in [1.82, 2.24) is 5.32 Å². The minimum Gasteiger partial charge on any atom is -0.381 e. The second-order valence-corrected chi connectivity index (χ2v) is 6.35. The fourth-order valence-corrected chi connectivity index (χ4v) is 2.14. The molecule has 5 nitrogen and oxygen atoms in total. The second kappa shape index (κ2) is 14.9. The van der Waals surface area contributed by atoms with E-state index in [0.29, 0.717) is 26.2 Å². The van der Waals surface area contributed by atoms with Crippen molar-refractivity contribution in [3.8, 4) is 0 Å². The van der Waals surface area contributed by atoms with Crippen LogP contribution in [-0.2, 0) is 19.0 Å². The number of amides is 1. The monoisotopic (exact) mass is 331 g/mol. The molecule has 0 atom stereocenters. The summed E-state index contributed by atoms with van der Waals surface area (Å²) in [7, 11) is 0. The van der Waals surface area contributed by atoms with Gasteiger partial charge in [-0.25, -0.2) is 0 Å². The van der Waals surface area contributed by atoms with Gasteiger partial charge in [-0.3, -0.25) is 4.79 Å². The molecule has 0 rings (SSSR count). The van der Waals surface area contributed by atoms with Gasteiger partial charge in [-0.2, -0.15) is 0 Å². The van der Waals surface area contributed by atoms with Crippen LogP contribution in [-0.4, -0.2) is 51.1 Å². The van der Waals surface area contributed by atoms with Gasteiger partial charge in [-0.15, -0.1) is 0 Å². The molecular formula is C18H37NO4. The first kappa shape index (κ1) is 22.4. The Kier molecular flexibility index (Phi) is 14.5. The average Bonchev–Trinajstić information content (AvgIpc) is 2.51. The Bertz CT molecular complexity index is 282. The number of rotatable bonds is 16. The highest BCUT2D eigenvalue weighted by Crippen LogP contribution is 2.16. The van der Waals surface area contributed by atoms with Gasteiger partial charge in [0.1, 0.15) is 0 Å². The summed E-state index contributed by atoms with van der Waals surface area (Å²) >= 11 is 0. The molecule has 0 aromatic carbocycles. The molecule has 0 bridgehead atoms. The van der Waals surface area contributed by atoms with E-state index in [1.54, 1.807) is 0 Å². The molecule has 0 fully saturated rings. The summed E-state index contributed by atoms with van der Waals surface area (Å²) in [4.78, 5) is 11.2. The molecule has 0 aliphatic carbocycles. The minimum absolute atomic E-state index is 0.0491. The van der Waals surface area contributed by atoms with Gasteiger partial charge in [0.25, 0.3) is 0 Å². The number of carbonyl (C=O) groups is 1. The van der Waals surface area contributed by atoms with Crippen molar-refractivity contribution in [2.24, 2.45) is 0 Å². The maximum absolute atomic E-state index is 11.2. The largest absolute Gasteiger partial charge is 0.381 e. The highest BCUT2D eigenvalue weighted by molar-refractivity contribution is 5.75. The Hall–Kier alpha value is -0.650. The summed E-state index contributed by atoms with van der Waals surface area (Å²) < 4.78 is 16.9. The van der Waals surface area contributed by atoms with Crippen LogP contribution in [0.15, 0.2) is 0 Å². The number of carbonyl (C=O) groups excluding carboxylic acids is 1. The van der Waals surface area contributed by atoms with Gasteiger partial charge in [-0.05, 0) is 52.9 Å². The first-order valence-corrected chi connectivity index (χ1v) is 9.08. The lowest BCUT2D eigenvalue weighted by Gasteiger charge is -2.25. The Morgan fingerprint density at radius 3 is 2.13 bits per heavy atom. The highest BCUT2D eigenvalue weighted by atomic mass is 16.5. The summed E-state index contributed by atoms with van der Waals surface area (Å²) in [5.74, 6) is 0.102. The normalized spacial score (nSPS) is 11.7. The van der Waals surface area contributed by atoms with Crippen molar-refractivity contribution in [3.05, 3.63) is 0 Å². The standard InChI is InChI=1S/C18H37NO4/c1-5-12-23-18(3,4)11-8-14-22-16-9-15-21-13-7-10-17(20)19-6-2/h5-16H2,1-4H3,(H,19,20). The SMILES string of the molecule is CCCOC(C)(C)CCCOCCCOCCCC(=O)NCC. The summed E-state index contributed by atoms with van der Waals surface area (Å²) in [6, 6.07) is 0. The molecular weight excluding hydrogens is 294 g/mol. The average molecular weight is 331 g/mol. The molecule has 138 valence electrons. The van der Waals surface area contributed by atoms with Crippen LogP contribution in [0, 0.1) is 0 Å². The Labute approximate surface area is 142 Å². The van der Waals surface area contributed by atoms with Crippen LogP contribution in [0.1, 0.15) is 66.2 Å². The van der Waals surface area contributed by atoms with Crippen LogP contribution >= 0.6 is 0 Å². The van der Waals surface area contributed by atoms with E-state index in [-0.39, 0.29) is 11.5 Å². The van der Waals surface area contributed by atoms with E-state index in [0.717, 1.165) is 51.9 Å². The summed E-state index contributed by atoms with van der Waals surface area (Å²) in [6.45, 7) is 12.7. The van der Waals surface area contributed by atoms with Crippen molar-refractivity contribution in [1.29, 1.82) is 0 Å². The van der Waals surface area contributed by atoms with Crippen LogP contribution in [0.5, 0.6) is 0 Å². The van der Waals surface area contributed by atoms with Gasteiger partial charge in [-0.1, -0.05) is 6.92 Å². The molecule has 0 aromatic heterocycles. The van der Waals surface area contributed by atoms with E-state index >= 15 is 0 Å². The minimum atomic E-state index is -0.0491. The quantitative estimate of drug-likeness (QED) is 0.441. The smallest absolute Gasteiger partial charge is 0.220 e. The van der Waals surface area contributed by atoms with Crippen LogP contribution in [0.2, 0.25) is 0 Å². The molecule has 0 aromatic rings. The molecule has 23 heavy (non-hydrogen) atoms. The number of hydrogen-bond acceptors (Lipinski definition) is 4. The molecule has 0 saturated heterocycles. The van der Waals surface area contributed by atoms with Gasteiger partial charge in [0, 0.05) is 46.0 Å². The molecule has 0 aliphatic rings. The van der Waals surface area contributed by atoms with Crippen molar-refractivity contribution in [2.75, 3.05) is 39.6 Å². The zero-order valence-corrected chi connectivity index (χ0v) is 15.6. The third kappa shape index (κ3) is 16.0. The second-order valence-electron chi connectivity index (χ2n) is 6.35. The van der Waals surface area contributed by atoms with Gasteiger partial charge >= 0.3 is 0 Å². The molecule has 0 aliphatic heterocycles. The lowest BCUT2D eigenvalue weighted by atomic mass is 10.0. The van der Waals surface area contributed by atoms with Crippen LogP contribution in [0.4, 0.5) is 0 Å². The first-order valence-electron chi connectivity index (χ1n) is 9.08. The number of ether oxygens (including phenoxy) is 3. The molecule has 5 heteroatoms. The van der Waals surface area contributed by atoms with Gasteiger partial charge in [0.15, 0.2) is 0 Å². The number of hydrogen-bond donors (Lipinski definition) is 1. The Morgan fingerprint density at radius 2 is 1.52 bits per heavy atom. The molecule has 0 unspecified atom stereocenters. The fraction of sp³-hybridized carbons (Fsp3) is 0.944. The summed E-state index contributed by atoms with van der Waals surface area (Å²) in [5.41, 5.74) is -0.0491. The molecule has 1 amide bonds. The maximum atomic E-state index is 11.2. The van der Waals surface area contributed by atoms with E-state index in [9.17, 15) is 4.79 Å². The third-order valence-corrected chi connectivity index (χ3v) is 3.41. The zero-order chi connectivity index (χ0) is 17.4. The van der Waals surface area contributed by atoms with Crippen LogP contribution in [0.3, 0.4) is 0 Å². The molecule has 0 spiro atoms. The molecule has 0 saturated carbocycles. The van der Waals surface area contributed by atoms with Gasteiger partial charge in [0.2, 0.25) is 5.91 Å². The summed E-state index contributed by atoms with van der Waals surface area (Å²) in [6.07, 6.45) is 5.31. The fourth-order valence-electron chi connectivity index (χ4n) is 2.14. The Balaban J connectivity index is 3.26. The van der Waals surface area contributed by atoms with Gasteiger partial charge < -0.3 is 19.5 Å². The van der Waals surface area contributed by atoms with Crippen molar-refractivity contribution < 1.29 is 19.0 Å². The third-order valence-electron chi connectivity index (χ3n) is 3.41. The topological polar surface area (TPSA) is 56.8 Å². The highest BCUT2D eigenvalue weighted by Gasteiger charge is 2.16. The molecule has 0 radical (unpaired) electrons.